The van der Waals surface area contributed by atoms with Crippen molar-refractivity contribution in [2.75, 3.05) is 6.54 Å². The van der Waals surface area contributed by atoms with Crippen molar-refractivity contribution >= 4 is 22.9 Å². The summed E-state index contributed by atoms with van der Waals surface area (Å²) < 4.78 is 0.820. The van der Waals surface area contributed by atoms with Gasteiger partial charge in [-0.3, -0.25) is 0 Å². The Balaban J connectivity index is 2.34. The molecule has 86 valence electrons. The van der Waals surface area contributed by atoms with Gasteiger partial charge in [0, 0.05) is 10.9 Å². The van der Waals surface area contributed by atoms with Crippen LogP contribution in [0.3, 0.4) is 0 Å². The Labute approximate surface area is 100 Å². The molecular weight excluding hydrogens is 230 g/mol. The van der Waals surface area contributed by atoms with Crippen molar-refractivity contribution in [3.05, 3.63) is 21.3 Å². The van der Waals surface area contributed by atoms with E-state index in [0.717, 1.165) is 17.3 Å². The highest BCUT2D eigenvalue weighted by Gasteiger charge is 2.13. The van der Waals surface area contributed by atoms with E-state index in [9.17, 15) is 5.11 Å². The topological polar surface area (TPSA) is 32.3 Å². The molecule has 2 N–H and O–H groups in total. The minimum Gasteiger partial charge on any atom is -0.390 e. The molecule has 1 aromatic rings. The molecule has 0 spiro atoms. The average Bonchev–Trinajstić information content (AvgIpc) is 2.49. The van der Waals surface area contributed by atoms with Crippen LogP contribution >= 0.6 is 22.9 Å². The monoisotopic (exact) mass is 247 g/mol. The lowest BCUT2D eigenvalue weighted by Crippen LogP contribution is -2.28. The Morgan fingerprint density at radius 2 is 2.20 bits per heavy atom. The quantitative estimate of drug-likeness (QED) is 0.838. The molecule has 0 aromatic carbocycles. The fraction of sp³-hybridized carbons (Fsp3) is 0.636. The van der Waals surface area contributed by atoms with E-state index in [2.05, 4.69) is 12.2 Å². The molecule has 1 unspecified atom stereocenters. The maximum Gasteiger partial charge on any atom is 0.0931 e. The van der Waals surface area contributed by atoms with Gasteiger partial charge in [0.1, 0.15) is 0 Å². The number of thiophene rings is 1. The zero-order chi connectivity index (χ0) is 11.5. The van der Waals surface area contributed by atoms with Crippen molar-refractivity contribution < 1.29 is 5.11 Å². The zero-order valence-corrected chi connectivity index (χ0v) is 11.0. The van der Waals surface area contributed by atoms with Crippen LogP contribution < -0.4 is 5.32 Å². The van der Waals surface area contributed by atoms with E-state index in [-0.39, 0.29) is 0 Å². The van der Waals surface area contributed by atoms with Crippen LogP contribution in [0.15, 0.2) is 12.1 Å². The highest BCUT2D eigenvalue weighted by Crippen LogP contribution is 2.26. The highest BCUT2D eigenvalue weighted by atomic mass is 35.5. The Morgan fingerprint density at radius 3 is 2.67 bits per heavy atom. The van der Waals surface area contributed by atoms with E-state index in [1.807, 2.05) is 26.0 Å². The Bertz CT molecular complexity index is 306. The molecule has 1 atom stereocenters. The highest BCUT2D eigenvalue weighted by molar-refractivity contribution is 7.16. The maximum atomic E-state index is 9.55. The summed E-state index contributed by atoms with van der Waals surface area (Å²) in [6.07, 6.45) is 0.746. The molecule has 0 saturated heterocycles. The summed E-state index contributed by atoms with van der Waals surface area (Å²) in [6, 6.07) is 4.25. The van der Waals surface area contributed by atoms with Crippen LogP contribution in [0.1, 0.15) is 38.1 Å². The number of nitrogens with one attached hydrogen (secondary N) is 1. The van der Waals surface area contributed by atoms with Crippen molar-refractivity contribution in [2.45, 2.75) is 38.8 Å². The van der Waals surface area contributed by atoms with Gasteiger partial charge in [-0.2, -0.15) is 0 Å². The van der Waals surface area contributed by atoms with Crippen LogP contribution in [-0.2, 0) is 0 Å². The summed E-state index contributed by atoms with van der Waals surface area (Å²) >= 11 is 7.46. The van der Waals surface area contributed by atoms with Gasteiger partial charge >= 0.3 is 0 Å². The molecule has 1 aromatic heterocycles. The van der Waals surface area contributed by atoms with Crippen molar-refractivity contribution in [3.63, 3.8) is 0 Å². The second kappa shape index (κ2) is 5.30. The molecule has 1 rings (SSSR count). The lowest BCUT2D eigenvalue weighted by atomic mass is 10.1. The predicted molar refractivity (Wildman–Crippen MR) is 66.7 cm³/mol. The molecule has 1 heterocycles. The second-order valence-corrected chi connectivity index (χ2v) is 6.13. The summed E-state index contributed by atoms with van der Waals surface area (Å²) in [4.78, 5) is 1.23. The van der Waals surface area contributed by atoms with E-state index in [4.69, 9.17) is 11.6 Å². The minimum atomic E-state index is -0.597. The third kappa shape index (κ3) is 4.98. The first-order valence-corrected chi connectivity index (χ1v) is 6.29. The number of aliphatic hydroxyl groups is 1. The van der Waals surface area contributed by atoms with Crippen LogP contribution in [-0.4, -0.2) is 17.3 Å². The molecule has 0 aliphatic heterocycles. The smallest absolute Gasteiger partial charge is 0.0931 e. The Morgan fingerprint density at radius 1 is 1.53 bits per heavy atom. The molecule has 0 aliphatic rings. The minimum absolute atomic E-state index is 0.296. The summed E-state index contributed by atoms with van der Waals surface area (Å²) in [5.41, 5.74) is -0.597. The number of hydrogen-bond acceptors (Lipinski definition) is 3. The normalized spacial score (nSPS) is 14.2. The van der Waals surface area contributed by atoms with Crippen LogP contribution in [0.5, 0.6) is 0 Å². The van der Waals surface area contributed by atoms with E-state index < -0.39 is 5.60 Å². The fourth-order valence-corrected chi connectivity index (χ4v) is 2.34. The molecular formula is C11H18ClNOS. The molecule has 15 heavy (non-hydrogen) atoms. The molecule has 0 saturated carbocycles. The van der Waals surface area contributed by atoms with Gasteiger partial charge in [0.25, 0.3) is 0 Å². The molecule has 0 fully saturated rings. The number of hydrogen-bond donors (Lipinski definition) is 2. The largest absolute Gasteiger partial charge is 0.390 e. The molecule has 0 amide bonds. The van der Waals surface area contributed by atoms with E-state index in [0.29, 0.717) is 6.04 Å². The summed E-state index contributed by atoms with van der Waals surface area (Å²) in [6.45, 7) is 6.55. The van der Waals surface area contributed by atoms with Gasteiger partial charge in [-0.05, 0) is 45.9 Å². The van der Waals surface area contributed by atoms with Gasteiger partial charge in [0.05, 0.1) is 9.94 Å². The summed E-state index contributed by atoms with van der Waals surface area (Å²) in [5, 5.41) is 12.9. The van der Waals surface area contributed by atoms with Gasteiger partial charge in [-0.1, -0.05) is 11.6 Å². The van der Waals surface area contributed by atoms with E-state index >= 15 is 0 Å². The first-order valence-electron chi connectivity index (χ1n) is 5.09. The van der Waals surface area contributed by atoms with Crippen LogP contribution in [0, 0.1) is 0 Å². The van der Waals surface area contributed by atoms with Crippen LogP contribution in [0.2, 0.25) is 4.34 Å². The van der Waals surface area contributed by atoms with E-state index in [1.54, 1.807) is 11.3 Å². The molecule has 0 aliphatic carbocycles. The lowest BCUT2D eigenvalue weighted by Gasteiger charge is -2.19. The van der Waals surface area contributed by atoms with Gasteiger partial charge in [0.2, 0.25) is 0 Å². The number of rotatable bonds is 5. The van der Waals surface area contributed by atoms with Crippen molar-refractivity contribution in [1.82, 2.24) is 5.32 Å². The lowest BCUT2D eigenvalue weighted by molar-refractivity contribution is 0.0705. The predicted octanol–water partition coefficient (Wildman–Crippen LogP) is 3.21. The Hall–Kier alpha value is -0.0900. The first-order chi connectivity index (χ1) is 6.88. The standard InChI is InChI=1S/C11H18ClNOS/c1-8(9-4-5-10(12)15-9)13-7-6-11(2,3)14/h4-5,8,13-14H,6-7H2,1-3H3. The summed E-state index contributed by atoms with van der Waals surface area (Å²) in [5.74, 6) is 0. The van der Waals surface area contributed by atoms with Gasteiger partial charge in [-0.25, -0.2) is 0 Å². The SMILES string of the molecule is CC(NCCC(C)(C)O)c1ccc(Cl)s1. The summed E-state index contributed by atoms with van der Waals surface area (Å²) in [7, 11) is 0. The second-order valence-electron chi connectivity index (χ2n) is 4.38. The van der Waals surface area contributed by atoms with E-state index in [1.165, 1.54) is 4.88 Å². The average molecular weight is 248 g/mol. The third-order valence-electron chi connectivity index (χ3n) is 2.21. The molecule has 2 nitrogen and oxygen atoms in total. The molecule has 4 heteroatoms. The zero-order valence-electron chi connectivity index (χ0n) is 9.38. The molecule has 0 bridgehead atoms. The van der Waals surface area contributed by atoms with Gasteiger partial charge in [0.15, 0.2) is 0 Å². The number of halogens is 1. The van der Waals surface area contributed by atoms with Crippen molar-refractivity contribution in [3.8, 4) is 0 Å². The van der Waals surface area contributed by atoms with Crippen LogP contribution in [0.4, 0.5) is 0 Å². The van der Waals surface area contributed by atoms with Crippen molar-refractivity contribution in [1.29, 1.82) is 0 Å². The maximum absolute atomic E-state index is 9.55. The van der Waals surface area contributed by atoms with Gasteiger partial charge in [-0.15, -0.1) is 11.3 Å². The first kappa shape index (κ1) is 13.0. The van der Waals surface area contributed by atoms with Gasteiger partial charge < -0.3 is 10.4 Å². The fourth-order valence-electron chi connectivity index (χ4n) is 1.26. The third-order valence-corrected chi connectivity index (χ3v) is 3.62. The Kier molecular flexibility index (Phi) is 4.59. The van der Waals surface area contributed by atoms with Crippen molar-refractivity contribution in [2.24, 2.45) is 0 Å². The van der Waals surface area contributed by atoms with Crippen LogP contribution in [0.25, 0.3) is 0 Å². The molecule has 0 radical (unpaired) electrons.